The first-order valence-electron chi connectivity index (χ1n) is 7.57. The Morgan fingerprint density at radius 3 is 2.79 bits per heavy atom. The minimum Gasteiger partial charge on any atom is -0.274 e. The summed E-state index contributed by atoms with van der Waals surface area (Å²) in [5.41, 5.74) is 2.60. The molecule has 0 saturated carbocycles. The van der Waals surface area contributed by atoms with Crippen LogP contribution in [0.1, 0.15) is 12.0 Å². The molecule has 0 N–H and O–H groups in total. The molecule has 0 aliphatic carbocycles. The Labute approximate surface area is 147 Å². The lowest BCUT2D eigenvalue weighted by Gasteiger charge is -2.15. The number of thioether (sulfide) groups is 1. The lowest BCUT2D eigenvalue weighted by Crippen LogP contribution is -2.31. The zero-order chi connectivity index (χ0) is 16.7. The molecule has 0 unspecified atom stereocenters. The molecule has 4 nitrogen and oxygen atoms in total. The Morgan fingerprint density at radius 1 is 1.17 bits per heavy atom. The number of nitrogens with zero attached hydrogens (tertiary/aromatic N) is 2. The Kier molecular flexibility index (Phi) is 3.86. The zero-order valence-corrected chi connectivity index (χ0v) is 14.6. The molecular weight excluding hydrogens is 340 g/mol. The fraction of sp³-hybridized carbons (Fsp3) is 0.167. The normalized spacial score (nSPS) is 17.9. The van der Waals surface area contributed by atoms with Gasteiger partial charge in [0.15, 0.2) is 4.34 Å². The number of rotatable bonds is 3. The summed E-state index contributed by atoms with van der Waals surface area (Å²) in [6, 6.07) is 15.3. The molecule has 4 rings (SSSR count). The molecule has 0 bridgehead atoms. The van der Waals surface area contributed by atoms with E-state index >= 15 is 0 Å². The third-order valence-electron chi connectivity index (χ3n) is 3.88. The van der Waals surface area contributed by atoms with Crippen LogP contribution < -0.4 is 4.90 Å². The number of hydrogen-bond donors (Lipinski definition) is 0. The highest BCUT2D eigenvalue weighted by Gasteiger charge is 2.40. The van der Waals surface area contributed by atoms with Crippen LogP contribution in [-0.4, -0.2) is 22.0 Å². The smallest absolute Gasteiger partial charge is 0.247 e. The highest BCUT2D eigenvalue weighted by atomic mass is 32.2. The van der Waals surface area contributed by atoms with Crippen LogP contribution in [0.15, 0.2) is 52.9 Å². The molecule has 1 saturated heterocycles. The van der Waals surface area contributed by atoms with E-state index in [0.29, 0.717) is 5.69 Å². The van der Waals surface area contributed by atoms with Gasteiger partial charge in [-0.15, -0.1) is 11.3 Å². The van der Waals surface area contributed by atoms with Crippen LogP contribution in [0, 0.1) is 6.92 Å². The van der Waals surface area contributed by atoms with Crippen molar-refractivity contribution < 1.29 is 9.59 Å². The molecule has 1 fully saturated rings. The maximum absolute atomic E-state index is 12.7. The molecule has 1 aliphatic heterocycles. The SMILES string of the molecule is Cc1cccc(N2C(=O)C[C@H](Sc3nc4ccccc4s3)C2=O)c1. The van der Waals surface area contributed by atoms with Crippen LogP contribution in [0.5, 0.6) is 0 Å². The maximum Gasteiger partial charge on any atom is 0.247 e. The molecule has 3 aromatic rings. The second kappa shape index (κ2) is 6.03. The highest BCUT2D eigenvalue weighted by Crippen LogP contribution is 2.37. The molecular formula is C18H14N2O2S2. The van der Waals surface area contributed by atoms with Crippen molar-refractivity contribution in [3.8, 4) is 0 Å². The first-order chi connectivity index (χ1) is 11.6. The van der Waals surface area contributed by atoms with Crippen molar-refractivity contribution >= 4 is 50.8 Å². The summed E-state index contributed by atoms with van der Waals surface area (Å²) in [5.74, 6) is -0.306. The Morgan fingerprint density at radius 2 is 2.00 bits per heavy atom. The molecule has 2 aromatic carbocycles. The summed E-state index contributed by atoms with van der Waals surface area (Å²) in [7, 11) is 0. The third kappa shape index (κ3) is 2.72. The number of aromatic nitrogens is 1. The number of thiazole rings is 1. The molecule has 1 atom stereocenters. The van der Waals surface area contributed by atoms with E-state index in [9.17, 15) is 9.59 Å². The monoisotopic (exact) mass is 354 g/mol. The number of imide groups is 1. The average Bonchev–Trinajstić information content (AvgIpc) is 3.08. The van der Waals surface area contributed by atoms with Gasteiger partial charge in [0.25, 0.3) is 0 Å². The molecule has 0 spiro atoms. The molecule has 1 aromatic heterocycles. The summed E-state index contributed by atoms with van der Waals surface area (Å²) >= 11 is 2.94. The first-order valence-corrected chi connectivity index (χ1v) is 9.27. The molecule has 2 amide bonds. The van der Waals surface area contributed by atoms with E-state index in [4.69, 9.17) is 0 Å². The van der Waals surface area contributed by atoms with E-state index < -0.39 is 5.25 Å². The molecule has 6 heteroatoms. The minimum absolute atomic E-state index is 0.149. The van der Waals surface area contributed by atoms with E-state index in [1.165, 1.54) is 16.7 Å². The fourth-order valence-corrected chi connectivity index (χ4v) is 5.09. The number of amides is 2. The largest absolute Gasteiger partial charge is 0.274 e. The minimum atomic E-state index is -0.404. The molecule has 120 valence electrons. The van der Waals surface area contributed by atoms with Crippen molar-refractivity contribution in [3.05, 3.63) is 54.1 Å². The molecule has 24 heavy (non-hydrogen) atoms. The Balaban J connectivity index is 1.59. The van der Waals surface area contributed by atoms with Crippen LogP contribution in [0.4, 0.5) is 5.69 Å². The number of carbonyl (C=O) groups excluding carboxylic acids is 2. The van der Waals surface area contributed by atoms with Gasteiger partial charge < -0.3 is 0 Å². The maximum atomic E-state index is 12.7. The summed E-state index contributed by atoms with van der Waals surface area (Å²) in [5, 5.41) is -0.404. The highest BCUT2D eigenvalue weighted by molar-refractivity contribution is 8.02. The van der Waals surface area contributed by atoms with Crippen LogP contribution in [0.3, 0.4) is 0 Å². The van der Waals surface area contributed by atoms with Crippen LogP contribution >= 0.6 is 23.1 Å². The van der Waals surface area contributed by atoms with E-state index in [-0.39, 0.29) is 18.2 Å². The number of carbonyl (C=O) groups is 2. The van der Waals surface area contributed by atoms with Gasteiger partial charge in [-0.25, -0.2) is 9.88 Å². The lowest BCUT2D eigenvalue weighted by molar-refractivity contribution is -0.121. The predicted molar refractivity (Wildman–Crippen MR) is 97.6 cm³/mol. The number of anilines is 1. The van der Waals surface area contributed by atoms with E-state index in [0.717, 1.165) is 20.1 Å². The topological polar surface area (TPSA) is 50.3 Å². The summed E-state index contributed by atoms with van der Waals surface area (Å²) in [6.45, 7) is 1.95. The Hall–Kier alpha value is -2.18. The standard InChI is InChI=1S/C18H14N2O2S2/c1-11-5-4-6-12(9-11)20-16(21)10-15(17(20)22)24-18-19-13-7-2-3-8-14(13)23-18/h2-9,15H,10H2,1H3/t15-/m0/s1. The number of aryl methyl sites for hydroxylation is 1. The first kappa shape index (κ1) is 15.4. The number of fused-ring (bicyclic) bond motifs is 1. The van der Waals surface area contributed by atoms with Gasteiger partial charge in [-0.05, 0) is 36.8 Å². The Bertz CT molecular complexity index is 918. The van der Waals surface area contributed by atoms with E-state index in [1.807, 2.05) is 49.4 Å². The number of hydrogen-bond acceptors (Lipinski definition) is 5. The van der Waals surface area contributed by atoms with Gasteiger partial charge in [0, 0.05) is 6.42 Å². The van der Waals surface area contributed by atoms with Gasteiger partial charge in [0.2, 0.25) is 11.8 Å². The van der Waals surface area contributed by atoms with E-state index in [2.05, 4.69) is 4.98 Å². The molecule has 1 aliphatic rings. The summed E-state index contributed by atoms with van der Waals surface area (Å²) < 4.78 is 1.92. The van der Waals surface area contributed by atoms with Crippen LogP contribution in [-0.2, 0) is 9.59 Å². The van der Waals surface area contributed by atoms with Gasteiger partial charge >= 0.3 is 0 Å². The second-order valence-electron chi connectivity index (χ2n) is 5.66. The van der Waals surface area contributed by atoms with E-state index in [1.54, 1.807) is 17.4 Å². The lowest BCUT2D eigenvalue weighted by atomic mass is 10.2. The van der Waals surface area contributed by atoms with Crippen molar-refractivity contribution in [2.24, 2.45) is 0 Å². The van der Waals surface area contributed by atoms with Crippen molar-refractivity contribution in [1.82, 2.24) is 4.98 Å². The van der Waals surface area contributed by atoms with Crippen molar-refractivity contribution in [1.29, 1.82) is 0 Å². The number of para-hydroxylation sites is 1. The quantitative estimate of drug-likeness (QED) is 0.667. The number of benzene rings is 2. The summed E-state index contributed by atoms with van der Waals surface area (Å²) in [6.07, 6.45) is 0.216. The van der Waals surface area contributed by atoms with Crippen molar-refractivity contribution in [2.45, 2.75) is 22.9 Å². The van der Waals surface area contributed by atoms with Gasteiger partial charge in [0.1, 0.15) is 5.25 Å². The van der Waals surface area contributed by atoms with Gasteiger partial charge in [-0.2, -0.15) is 0 Å². The average molecular weight is 354 g/mol. The van der Waals surface area contributed by atoms with Gasteiger partial charge in [-0.3, -0.25) is 9.59 Å². The third-order valence-corrected chi connectivity index (χ3v) is 6.20. The second-order valence-corrected chi connectivity index (χ2v) is 8.15. The van der Waals surface area contributed by atoms with Crippen molar-refractivity contribution in [2.75, 3.05) is 4.90 Å². The fourth-order valence-electron chi connectivity index (χ4n) is 2.76. The van der Waals surface area contributed by atoms with Gasteiger partial charge in [0.05, 0.1) is 15.9 Å². The molecule has 0 radical (unpaired) electrons. The summed E-state index contributed by atoms with van der Waals surface area (Å²) in [4.78, 5) is 30.9. The van der Waals surface area contributed by atoms with Crippen molar-refractivity contribution in [3.63, 3.8) is 0 Å². The zero-order valence-electron chi connectivity index (χ0n) is 12.9. The molecule has 2 heterocycles. The van der Waals surface area contributed by atoms with Crippen LogP contribution in [0.25, 0.3) is 10.2 Å². The predicted octanol–water partition coefficient (Wildman–Crippen LogP) is 4.03. The van der Waals surface area contributed by atoms with Crippen LogP contribution in [0.2, 0.25) is 0 Å². The van der Waals surface area contributed by atoms with Gasteiger partial charge in [-0.1, -0.05) is 36.0 Å².